The molecule has 1 aromatic rings. The summed E-state index contributed by atoms with van der Waals surface area (Å²) >= 11 is 0. The summed E-state index contributed by atoms with van der Waals surface area (Å²) < 4.78 is 27.1. The molecule has 0 heterocycles. The molecule has 17 heavy (non-hydrogen) atoms. The molecule has 0 aliphatic heterocycles. The average Bonchev–Trinajstić information content (AvgIpc) is 2.66. The molecule has 1 aromatic carbocycles. The van der Waals surface area contributed by atoms with E-state index in [4.69, 9.17) is 0 Å². The van der Waals surface area contributed by atoms with Crippen molar-refractivity contribution in [1.29, 1.82) is 0 Å². The van der Waals surface area contributed by atoms with Gasteiger partial charge in [0.2, 0.25) is 0 Å². The molecule has 2 unspecified atom stereocenters. The normalized spacial score (nSPS) is 28.6. The number of benzene rings is 1. The maximum absolute atomic E-state index is 13.8. The largest absolute Gasteiger partial charge is 0.314 e. The molecule has 1 N–H and O–H groups in total. The van der Waals surface area contributed by atoms with Crippen molar-refractivity contribution in [3.63, 3.8) is 0 Å². The Morgan fingerprint density at radius 1 is 1.41 bits per heavy atom. The van der Waals surface area contributed by atoms with Crippen molar-refractivity contribution in [1.82, 2.24) is 5.32 Å². The standard InChI is InChI=1S/C14H19F2N/c1-3-17-10-7-8-14(2,9-10)11-5-4-6-12(15)13(11)16/h4-6,10,17H,3,7-9H2,1-2H3. The summed E-state index contributed by atoms with van der Waals surface area (Å²) in [5, 5.41) is 3.39. The summed E-state index contributed by atoms with van der Waals surface area (Å²) in [7, 11) is 0. The van der Waals surface area contributed by atoms with Crippen LogP contribution in [0.4, 0.5) is 8.78 Å². The first-order chi connectivity index (χ1) is 8.07. The Balaban J connectivity index is 2.25. The molecule has 2 atom stereocenters. The summed E-state index contributed by atoms with van der Waals surface area (Å²) in [5.41, 5.74) is 0.289. The van der Waals surface area contributed by atoms with Crippen molar-refractivity contribution in [2.24, 2.45) is 0 Å². The van der Waals surface area contributed by atoms with Crippen molar-refractivity contribution in [3.05, 3.63) is 35.4 Å². The molecule has 94 valence electrons. The van der Waals surface area contributed by atoms with E-state index in [0.29, 0.717) is 11.6 Å². The quantitative estimate of drug-likeness (QED) is 0.852. The molecular formula is C14H19F2N. The van der Waals surface area contributed by atoms with Crippen LogP contribution in [0.25, 0.3) is 0 Å². The monoisotopic (exact) mass is 239 g/mol. The molecule has 0 bridgehead atoms. The summed E-state index contributed by atoms with van der Waals surface area (Å²) in [6.45, 7) is 5.02. The van der Waals surface area contributed by atoms with Gasteiger partial charge in [-0.05, 0) is 42.9 Å². The maximum atomic E-state index is 13.8. The third-order valence-corrected chi connectivity index (χ3v) is 3.84. The first-order valence-corrected chi connectivity index (χ1v) is 6.24. The number of nitrogens with one attached hydrogen (secondary N) is 1. The van der Waals surface area contributed by atoms with Crippen LogP contribution in [0.5, 0.6) is 0 Å². The second-order valence-electron chi connectivity index (χ2n) is 5.16. The van der Waals surface area contributed by atoms with Gasteiger partial charge in [-0.1, -0.05) is 26.0 Å². The second kappa shape index (κ2) is 4.73. The summed E-state index contributed by atoms with van der Waals surface area (Å²) in [4.78, 5) is 0. The van der Waals surface area contributed by atoms with E-state index in [1.54, 1.807) is 12.1 Å². The minimum atomic E-state index is -0.740. The van der Waals surface area contributed by atoms with Crippen LogP contribution in [-0.2, 0) is 5.41 Å². The van der Waals surface area contributed by atoms with Gasteiger partial charge in [0.05, 0.1) is 0 Å². The fourth-order valence-corrected chi connectivity index (χ4v) is 2.92. The second-order valence-corrected chi connectivity index (χ2v) is 5.16. The van der Waals surface area contributed by atoms with Crippen LogP contribution in [0.2, 0.25) is 0 Å². The average molecular weight is 239 g/mol. The van der Waals surface area contributed by atoms with E-state index in [0.717, 1.165) is 25.8 Å². The molecule has 1 aliphatic carbocycles. The highest BCUT2D eigenvalue weighted by Gasteiger charge is 2.38. The molecule has 0 aromatic heterocycles. The number of halogens is 2. The predicted molar refractivity (Wildman–Crippen MR) is 65.0 cm³/mol. The van der Waals surface area contributed by atoms with Gasteiger partial charge in [-0.25, -0.2) is 8.78 Å². The number of hydrogen-bond acceptors (Lipinski definition) is 1. The lowest BCUT2D eigenvalue weighted by Crippen LogP contribution is -2.29. The van der Waals surface area contributed by atoms with Gasteiger partial charge in [-0.15, -0.1) is 0 Å². The highest BCUT2D eigenvalue weighted by atomic mass is 19.2. The highest BCUT2D eigenvalue weighted by molar-refractivity contribution is 5.29. The molecule has 1 aliphatic rings. The summed E-state index contributed by atoms with van der Waals surface area (Å²) in [5.74, 6) is -1.41. The van der Waals surface area contributed by atoms with Gasteiger partial charge in [-0.3, -0.25) is 0 Å². The van der Waals surface area contributed by atoms with Gasteiger partial charge >= 0.3 is 0 Å². The van der Waals surface area contributed by atoms with Crippen molar-refractivity contribution in [3.8, 4) is 0 Å². The van der Waals surface area contributed by atoms with Gasteiger partial charge in [0.25, 0.3) is 0 Å². The first-order valence-electron chi connectivity index (χ1n) is 6.24. The zero-order chi connectivity index (χ0) is 12.5. The van der Waals surface area contributed by atoms with Crippen molar-refractivity contribution in [2.75, 3.05) is 6.54 Å². The molecule has 0 radical (unpaired) electrons. The van der Waals surface area contributed by atoms with Crippen molar-refractivity contribution < 1.29 is 8.78 Å². The van der Waals surface area contributed by atoms with Crippen LogP contribution in [0.1, 0.15) is 38.7 Å². The Kier molecular flexibility index (Phi) is 3.48. The van der Waals surface area contributed by atoms with E-state index in [9.17, 15) is 8.78 Å². The van der Waals surface area contributed by atoms with Crippen LogP contribution >= 0.6 is 0 Å². The van der Waals surface area contributed by atoms with Crippen molar-refractivity contribution >= 4 is 0 Å². The van der Waals surface area contributed by atoms with Gasteiger partial charge in [0, 0.05) is 6.04 Å². The summed E-state index contributed by atoms with van der Waals surface area (Å²) in [6.07, 6.45) is 2.81. The van der Waals surface area contributed by atoms with Crippen LogP contribution in [0.3, 0.4) is 0 Å². The molecule has 1 saturated carbocycles. The van der Waals surface area contributed by atoms with Crippen LogP contribution in [0, 0.1) is 11.6 Å². The van der Waals surface area contributed by atoms with Crippen LogP contribution in [-0.4, -0.2) is 12.6 Å². The summed E-state index contributed by atoms with van der Waals surface area (Å²) in [6, 6.07) is 4.92. The fourth-order valence-electron chi connectivity index (χ4n) is 2.92. The zero-order valence-electron chi connectivity index (χ0n) is 10.4. The van der Waals surface area contributed by atoms with E-state index in [-0.39, 0.29) is 5.41 Å². The van der Waals surface area contributed by atoms with Gasteiger partial charge in [0.15, 0.2) is 11.6 Å². The van der Waals surface area contributed by atoms with Gasteiger partial charge < -0.3 is 5.32 Å². The Morgan fingerprint density at radius 2 is 2.18 bits per heavy atom. The molecular weight excluding hydrogens is 220 g/mol. The van der Waals surface area contributed by atoms with Crippen LogP contribution < -0.4 is 5.32 Å². The zero-order valence-corrected chi connectivity index (χ0v) is 10.4. The van der Waals surface area contributed by atoms with E-state index in [1.807, 2.05) is 6.92 Å². The lowest BCUT2D eigenvalue weighted by molar-refractivity contribution is 0.416. The third-order valence-electron chi connectivity index (χ3n) is 3.84. The fraction of sp³-hybridized carbons (Fsp3) is 0.571. The molecule has 3 heteroatoms. The molecule has 0 amide bonds. The predicted octanol–water partition coefficient (Wildman–Crippen LogP) is 3.38. The minimum Gasteiger partial charge on any atom is -0.314 e. The van der Waals surface area contributed by atoms with Gasteiger partial charge in [0.1, 0.15) is 0 Å². The Labute approximate surface area is 101 Å². The maximum Gasteiger partial charge on any atom is 0.162 e. The molecule has 1 nitrogen and oxygen atoms in total. The smallest absolute Gasteiger partial charge is 0.162 e. The lowest BCUT2D eigenvalue weighted by Gasteiger charge is -2.25. The Bertz CT molecular complexity index is 405. The third kappa shape index (κ3) is 2.34. The van der Waals surface area contributed by atoms with E-state index in [1.165, 1.54) is 6.07 Å². The van der Waals surface area contributed by atoms with E-state index < -0.39 is 11.6 Å². The Morgan fingerprint density at radius 3 is 2.88 bits per heavy atom. The Hall–Kier alpha value is -0.960. The van der Waals surface area contributed by atoms with Crippen molar-refractivity contribution in [2.45, 2.75) is 44.6 Å². The SMILES string of the molecule is CCNC1CCC(C)(c2cccc(F)c2F)C1. The molecule has 0 spiro atoms. The first kappa shape index (κ1) is 12.5. The highest BCUT2D eigenvalue weighted by Crippen LogP contribution is 2.42. The van der Waals surface area contributed by atoms with E-state index >= 15 is 0 Å². The molecule has 0 saturated heterocycles. The van der Waals surface area contributed by atoms with Crippen LogP contribution in [0.15, 0.2) is 18.2 Å². The molecule has 1 fully saturated rings. The number of hydrogen-bond donors (Lipinski definition) is 1. The molecule has 2 rings (SSSR count). The number of rotatable bonds is 3. The topological polar surface area (TPSA) is 12.0 Å². The van der Waals surface area contributed by atoms with Gasteiger partial charge in [-0.2, -0.15) is 0 Å². The lowest BCUT2D eigenvalue weighted by atomic mass is 9.80. The van der Waals surface area contributed by atoms with E-state index in [2.05, 4.69) is 12.2 Å². The minimum absolute atomic E-state index is 0.237.